The number of nitrogens with zero attached hydrogens (tertiary/aromatic N) is 2. The number of rotatable bonds is 12. The maximum atomic E-state index is 13.5. The van der Waals surface area contributed by atoms with E-state index in [-0.39, 0.29) is 25.2 Å². The molecule has 0 aromatic heterocycles. The molecule has 1 fully saturated rings. The SMILES string of the molecule is CCCCN(CCCBr)C(=O)CN1CC(c2ccc3c(c2)OCO3)[C@H](C(=O)O)[C@H]1c1ccc(OC)cc1. The molecular formula is C28H35BrN2O6. The molecular weight excluding hydrogens is 540 g/mol. The van der Waals surface area contributed by atoms with Crippen LogP contribution in [0.25, 0.3) is 0 Å². The fourth-order valence-electron chi connectivity index (χ4n) is 5.31. The zero-order valence-electron chi connectivity index (χ0n) is 21.4. The summed E-state index contributed by atoms with van der Waals surface area (Å²) in [6.07, 6.45) is 2.81. The summed E-state index contributed by atoms with van der Waals surface area (Å²) in [5.41, 5.74) is 1.72. The first-order valence-corrected chi connectivity index (χ1v) is 13.9. The molecule has 2 heterocycles. The topological polar surface area (TPSA) is 88.5 Å². The van der Waals surface area contributed by atoms with Crippen molar-refractivity contribution < 1.29 is 28.9 Å². The zero-order valence-corrected chi connectivity index (χ0v) is 23.0. The number of halogens is 1. The minimum absolute atomic E-state index is 0.0309. The van der Waals surface area contributed by atoms with E-state index in [0.717, 1.165) is 35.7 Å². The van der Waals surface area contributed by atoms with E-state index in [2.05, 4.69) is 22.9 Å². The van der Waals surface area contributed by atoms with Gasteiger partial charge in [0.15, 0.2) is 11.5 Å². The summed E-state index contributed by atoms with van der Waals surface area (Å²) in [5.74, 6) is 0.0585. The summed E-state index contributed by atoms with van der Waals surface area (Å²) in [6, 6.07) is 12.6. The Kier molecular flexibility index (Phi) is 9.32. The van der Waals surface area contributed by atoms with Gasteiger partial charge in [0.2, 0.25) is 12.7 Å². The Balaban J connectivity index is 1.67. The maximum Gasteiger partial charge on any atom is 0.309 e. The largest absolute Gasteiger partial charge is 0.497 e. The summed E-state index contributed by atoms with van der Waals surface area (Å²) in [7, 11) is 1.60. The van der Waals surface area contributed by atoms with E-state index in [1.54, 1.807) is 7.11 Å². The van der Waals surface area contributed by atoms with Crippen LogP contribution in [0, 0.1) is 5.92 Å². The van der Waals surface area contributed by atoms with Crippen molar-refractivity contribution in [2.75, 3.05) is 45.4 Å². The van der Waals surface area contributed by atoms with Gasteiger partial charge in [-0.1, -0.05) is 47.5 Å². The highest BCUT2D eigenvalue weighted by atomic mass is 79.9. The van der Waals surface area contributed by atoms with Crippen molar-refractivity contribution in [3.63, 3.8) is 0 Å². The number of hydrogen-bond donors (Lipinski definition) is 1. The summed E-state index contributed by atoms with van der Waals surface area (Å²) in [6.45, 7) is 4.26. The average Bonchev–Trinajstić information content (AvgIpc) is 3.53. The summed E-state index contributed by atoms with van der Waals surface area (Å²) >= 11 is 3.47. The number of unbranched alkanes of at least 4 members (excludes halogenated alkanes) is 1. The summed E-state index contributed by atoms with van der Waals surface area (Å²) < 4.78 is 16.3. The fraction of sp³-hybridized carbons (Fsp3) is 0.500. The second kappa shape index (κ2) is 12.6. The third-order valence-electron chi connectivity index (χ3n) is 7.20. The molecule has 1 amide bonds. The number of hydrogen-bond acceptors (Lipinski definition) is 6. The monoisotopic (exact) mass is 574 g/mol. The molecule has 2 aromatic carbocycles. The third-order valence-corrected chi connectivity index (χ3v) is 7.76. The number of carbonyl (C=O) groups excluding carboxylic acids is 1. The van der Waals surface area contributed by atoms with Crippen molar-refractivity contribution in [2.24, 2.45) is 5.92 Å². The second-order valence-corrected chi connectivity index (χ2v) is 10.3. The van der Waals surface area contributed by atoms with Crippen molar-refractivity contribution in [1.82, 2.24) is 9.80 Å². The molecule has 8 nitrogen and oxygen atoms in total. The molecule has 0 radical (unpaired) electrons. The van der Waals surface area contributed by atoms with Crippen molar-refractivity contribution in [3.05, 3.63) is 53.6 Å². The molecule has 1 saturated heterocycles. The predicted molar refractivity (Wildman–Crippen MR) is 144 cm³/mol. The van der Waals surface area contributed by atoms with Gasteiger partial charge in [-0.25, -0.2) is 0 Å². The lowest BCUT2D eigenvalue weighted by Crippen LogP contribution is -2.42. The number of amides is 1. The molecule has 0 aliphatic carbocycles. The Morgan fingerprint density at radius 3 is 2.46 bits per heavy atom. The predicted octanol–water partition coefficient (Wildman–Crippen LogP) is 4.68. The first-order valence-electron chi connectivity index (χ1n) is 12.8. The number of alkyl halides is 1. The normalized spacial score (nSPS) is 20.7. The highest BCUT2D eigenvalue weighted by molar-refractivity contribution is 9.09. The number of methoxy groups -OCH3 is 1. The minimum Gasteiger partial charge on any atom is -0.497 e. The van der Waals surface area contributed by atoms with Crippen LogP contribution in [0.3, 0.4) is 0 Å². The van der Waals surface area contributed by atoms with Crippen LogP contribution < -0.4 is 14.2 Å². The van der Waals surface area contributed by atoms with Crippen LogP contribution in [-0.2, 0) is 9.59 Å². The van der Waals surface area contributed by atoms with Gasteiger partial charge in [-0.2, -0.15) is 0 Å². The van der Waals surface area contributed by atoms with Gasteiger partial charge >= 0.3 is 5.97 Å². The van der Waals surface area contributed by atoms with Crippen molar-refractivity contribution >= 4 is 27.8 Å². The van der Waals surface area contributed by atoms with E-state index in [1.807, 2.05) is 52.3 Å². The van der Waals surface area contributed by atoms with Gasteiger partial charge in [-0.15, -0.1) is 0 Å². The molecule has 3 atom stereocenters. The Morgan fingerprint density at radius 1 is 1.08 bits per heavy atom. The number of carboxylic acid groups (broad SMARTS) is 1. The number of benzene rings is 2. The second-order valence-electron chi connectivity index (χ2n) is 9.51. The number of carboxylic acids is 1. The van der Waals surface area contributed by atoms with Crippen LogP contribution in [0.1, 0.15) is 49.3 Å². The Labute approximate surface area is 226 Å². The van der Waals surface area contributed by atoms with E-state index in [4.69, 9.17) is 14.2 Å². The van der Waals surface area contributed by atoms with Crippen molar-refractivity contribution in [3.8, 4) is 17.2 Å². The van der Waals surface area contributed by atoms with Crippen LogP contribution in [0.4, 0.5) is 0 Å². The van der Waals surface area contributed by atoms with Gasteiger partial charge in [-0.05, 0) is 48.2 Å². The molecule has 0 bridgehead atoms. The Hall–Kier alpha value is -2.78. The smallest absolute Gasteiger partial charge is 0.309 e. The molecule has 1 unspecified atom stereocenters. The highest BCUT2D eigenvalue weighted by Gasteiger charge is 2.48. The molecule has 9 heteroatoms. The quantitative estimate of drug-likeness (QED) is 0.368. The number of ether oxygens (including phenoxy) is 3. The van der Waals surface area contributed by atoms with E-state index in [0.29, 0.717) is 36.9 Å². The number of carbonyl (C=O) groups is 2. The van der Waals surface area contributed by atoms with Crippen LogP contribution >= 0.6 is 15.9 Å². The van der Waals surface area contributed by atoms with Crippen LogP contribution in [0.15, 0.2) is 42.5 Å². The standard InChI is InChI=1S/C28H35BrN2O6/c1-3-4-13-30(14-5-12-29)25(32)17-31-16-22(20-8-11-23-24(15-20)37-18-36-23)26(28(33)34)27(31)19-6-9-21(35-2)10-7-19/h6-11,15,22,26-27H,3-5,12-14,16-18H2,1-2H3,(H,33,34)/t22?,26-,27+/m0/s1. The van der Waals surface area contributed by atoms with Gasteiger partial charge in [-0.3, -0.25) is 14.5 Å². The van der Waals surface area contributed by atoms with Crippen LogP contribution in [-0.4, -0.2) is 72.2 Å². The fourth-order valence-corrected chi connectivity index (χ4v) is 5.56. The summed E-state index contributed by atoms with van der Waals surface area (Å²) in [4.78, 5) is 30.2. The van der Waals surface area contributed by atoms with Gasteiger partial charge in [0.25, 0.3) is 0 Å². The Morgan fingerprint density at radius 2 is 1.78 bits per heavy atom. The molecule has 4 rings (SSSR count). The molecule has 2 aliphatic heterocycles. The molecule has 2 aliphatic rings. The molecule has 200 valence electrons. The minimum atomic E-state index is -0.888. The lowest BCUT2D eigenvalue weighted by molar-refractivity contribution is -0.144. The number of fused-ring (bicyclic) bond motifs is 1. The van der Waals surface area contributed by atoms with Crippen LogP contribution in [0.5, 0.6) is 17.2 Å². The van der Waals surface area contributed by atoms with Crippen molar-refractivity contribution in [1.29, 1.82) is 0 Å². The van der Waals surface area contributed by atoms with Gasteiger partial charge in [0.1, 0.15) is 5.75 Å². The summed E-state index contributed by atoms with van der Waals surface area (Å²) in [5, 5.41) is 11.3. The zero-order chi connectivity index (χ0) is 26.4. The average molecular weight is 576 g/mol. The van der Waals surface area contributed by atoms with E-state index >= 15 is 0 Å². The molecule has 2 aromatic rings. The van der Waals surface area contributed by atoms with Gasteiger partial charge in [0.05, 0.1) is 19.6 Å². The van der Waals surface area contributed by atoms with E-state index in [1.165, 1.54) is 0 Å². The molecule has 1 N–H and O–H groups in total. The first kappa shape index (κ1) is 27.3. The molecule has 37 heavy (non-hydrogen) atoms. The van der Waals surface area contributed by atoms with E-state index < -0.39 is 17.9 Å². The number of aliphatic carboxylic acids is 1. The van der Waals surface area contributed by atoms with Gasteiger partial charge in [0, 0.05) is 36.9 Å². The lowest BCUT2D eigenvalue weighted by Gasteiger charge is -2.30. The first-order chi connectivity index (χ1) is 18.0. The Bertz CT molecular complexity index is 1070. The molecule has 0 saturated carbocycles. The van der Waals surface area contributed by atoms with Crippen molar-refractivity contribution in [2.45, 2.75) is 38.1 Å². The van der Waals surface area contributed by atoms with Gasteiger partial charge < -0.3 is 24.2 Å². The number of likely N-dealkylation sites (tertiary alicyclic amines) is 1. The lowest BCUT2D eigenvalue weighted by atomic mass is 9.82. The highest BCUT2D eigenvalue weighted by Crippen LogP contribution is 2.47. The van der Waals surface area contributed by atoms with Crippen LogP contribution in [0.2, 0.25) is 0 Å². The molecule has 0 spiro atoms. The van der Waals surface area contributed by atoms with E-state index in [9.17, 15) is 14.7 Å². The third kappa shape index (κ3) is 6.21. The maximum absolute atomic E-state index is 13.5.